The summed E-state index contributed by atoms with van der Waals surface area (Å²) in [6.07, 6.45) is 9.63. The molecule has 0 fully saturated rings. The van der Waals surface area contributed by atoms with Gasteiger partial charge in [0.15, 0.2) is 0 Å². The van der Waals surface area contributed by atoms with E-state index in [2.05, 4.69) is 36.0 Å². The molecule has 0 spiro atoms. The topological polar surface area (TPSA) is 24.9 Å². The number of nitrogens with one attached hydrogen (secondary N) is 1. The SMILES string of the molecule is C=C(NCC/C=C/CCC)c1ccccn1. The summed E-state index contributed by atoms with van der Waals surface area (Å²) in [5, 5.41) is 3.27. The Kier molecular flexibility index (Phi) is 6.00. The maximum Gasteiger partial charge on any atom is 0.0854 e. The van der Waals surface area contributed by atoms with Crippen LogP contribution in [-0.2, 0) is 0 Å². The Morgan fingerprint density at radius 1 is 1.38 bits per heavy atom. The smallest absolute Gasteiger partial charge is 0.0854 e. The zero-order chi connectivity index (χ0) is 11.6. The van der Waals surface area contributed by atoms with Gasteiger partial charge in [0.05, 0.1) is 11.4 Å². The van der Waals surface area contributed by atoms with Crippen LogP contribution in [0.3, 0.4) is 0 Å². The van der Waals surface area contributed by atoms with Crippen LogP contribution in [0.4, 0.5) is 0 Å². The Labute approximate surface area is 98.1 Å². The zero-order valence-corrected chi connectivity index (χ0v) is 9.95. The average molecular weight is 216 g/mol. The van der Waals surface area contributed by atoms with Crippen LogP contribution in [0.1, 0.15) is 31.9 Å². The molecule has 1 heterocycles. The summed E-state index contributed by atoms with van der Waals surface area (Å²) in [5.41, 5.74) is 1.81. The fourth-order valence-corrected chi connectivity index (χ4v) is 1.34. The Hall–Kier alpha value is -1.57. The number of pyridine rings is 1. The molecule has 1 aromatic rings. The molecule has 0 atom stereocenters. The summed E-state index contributed by atoms with van der Waals surface area (Å²) >= 11 is 0. The van der Waals surface area contributed by atoms with Gasteiger partial charge in [0, 0.05) is 12.7 Å². The number of allylic oxidation sites excluding steroid dienone is 1. The quantitative estimate of drug-likeness (QED) is 0.558. The van der Waals surface area contributed by atoms with Crippen molar-refractivity contribution in [2.75, 3.05) is 6.54 Å². The molecule has 16 heavy (non-hydrogen) atoms. The predicted molar refractivity (Wildman–Crippen MR) is 69.9 cm³/mol. The van der Waals surface area contributed by atoms with Gasteiger partial charge >= 0.3 is 0 Å². The Morgan fingerprint density at radius 2 is 2.19 bits per heavy atom. The minimum absolute atomic E-state index is 0.893. The summed E-state index contributed by atoms with van der Waals surface area (Å²) in [7, 11) is 0. The maximum absolute atomic E-state index is 4.23. The lowest BCUT2D eigenvalue weighted by Crippen LogP contribution is -2.12. The lowest BCUT2D eigenvalue weighted by atomic mass is 10.2. The molecule has 2 nitrogen and oxygen atoms in total. The molecule has 0 bridgehead atoms. The maximum atomic E-state index is 4.23. The van der Waals surface area contributed by atoms with Crippen molar-refractivity contribution in [3.05, 3.63) is 48.8 Å². The average Bonchev–Trinajstić information content (AvgIpc) is 2.34. The highest BCUT2D eigenvalue weighted by Gasteiger charge is 1.96. The van der Waals surface area contributed by atoms with Gasteiger partial charge in [-0.25, -0.2) is 0 Å². The van der Waals surface area contributed by atoms with Gasteiger partial charge in [-0.1, -0.05) is 38.1 Å². The van der Waals surface area contributed by atoms with E-state index in [1.165, 1.54) is 12.8 Å². The van der Waals surface area contributed by atoms with Gasteiger partial charge < -0.3 is 5.32 Å². The van der Waals surface area contributed by atoms with E-state index in [9.17, 15) is 0 Å². The monoisotopic (exact) mass is 216 g/mol. The second kappa shape index (κ2) is 7.69. The van der Waals surface area contributed by atoms with Crippen LogP contribution in [0.15, 0.2) is 43.1 Å². The first-order valence-corrected chi connectivity index (χ1v) is 5.83. The molecule has 0 amide bonds. The standard InChI is InChI=1S/C14H20N2/c1-3-4-5-6-8-11-15-13(2)14-10-7-9-12-16-14/h5-7,9-10,12,15H,2-4,8,11H2,1H3/b6-5+. The zero-order valence-electron chi connectivity index (χ0n) is 9.95. The molecule has 86 valence electrons. The van der Waals surface area contributed by atoms with E-state index < -0.39 is 0 Å². The molecule has 0 aliphatic rings. The Bertz CT molecular complexity index is 328. The van der Waals surface area contributed by atoms with Crippen LogP contribution in [0, 0.1) is 0 Å². The normalized spacial score (nSPS) is 10.6. The molecule has 1 N–H and O–H groups in total. The van der Waals surface area contributed by atoms with E-state index in [0.717, 1.165) is 24.4 Å². The third-order valence-corrected chi connectivity index (χ3v) is 2.25. The molecule has 0 aliphatic carbocycles. The minimum Gasteiger partial charge on any atom is -0.383 e. The van der Waals surface area contributed by atoms with Gasteiger partial charge in [-0.15, -0.1) is 0 Å². The van der Waals surface area contributed by atoms with E-state index in [0.29, 0.717) is 0 Å². The lowest BCUT2D eigenvalue weighted by Gasteiger charge is -2.06. The van der Waals surface area contributed by atoms with Crippen molar-refractivity contribution in [1.82, 2.24) is 10.3 Å². The van der Waals surface area contributed by atoms with Gasteiger partial charge in [-0.2, -0.15) is 0 Å². The molecule has 1 aromatic heterocycles. The molecule has 1 rings (SSSR count). The molecule has 0 unspecified atom stereocenters. The minimum atomic E-state index is 0.893. The molecule has 0 aliphatic heterocycles. The van der Waals surface area contributed by atoms with Crippen molar-refractivity contribution < 1.29 is 0 Å². The number of nitrogens with zero attached hydrogens (tertiary/aromatic N) is 1. The molecule has 0 saturated carbocycles. The molecule has 0 radical (unpaired) electrons. The molecule has 0 saturated heterocycles. The van der Waals surface area contributed by atoms with Crippen LogP contribution in [-0.4, -0.2) is 11.5 Å². The summed E-state index contributed by atoms with van der Waals surface area (Å²) in [4.78, 5) is 4.23. The van der Waals surface area contributed by atoms with Gasteiger partial charge in [0.25, 0.3) is 0 Å². The third kappa shape index (κ3) is 4.78. The number of hydrogen-bond acceptors (Lipinski definition) is 2. The molecule has 2 heteroatoms. The highest BCUT2D eigenvalue weighted by molar-refractivity contribution is 5.57. The van der Waals surface area contributed by atoms with Gasteiger partial charge in [-0.05, 0) is 25.0 Å². The third-order valence-electron chi connectivity index (χ3n) is 2.25. The highest BCUT2D eigenvalue weighted by atomic mass is 14.9. The van der Waals surface area contributed by atoms with Crippen molar-refractivity contribution in [2.24, 2.45) is 0 Å². The second-order valence-corrected chi connectivity index (χ2v) is 3.67. The van der Waals surface area contributed by atoms with E-state index in [1.54, 1.807) is 6.20 Å². The van der Waals surface area contributed by atoms with Crippen LogP contribution < -0.4 is 5.32 Å². The first-order chi connectivity index (χ1) is 7.84. The summed E-state index contributed by atoms with van der Waals surface area (Å²) < 4.78 is 0. The second-order valence-electron chi connectivity index (χ2n) is 3.67. The van der Waals surface area contributed by atoms with E-state index in [1.807, 2.05) is 18.2 Å². The molecule has 0 aromatic carbocycles. The van der Waals surface area contributed by atoms with Crippen molar-refractivity contribution in [3.8, 4) is 0 Å². The van der Waals surface area contributed by atoms with Crippen molar-refractivity contribution in [3.63, 3.8) is 0 Å². The van der Waals surface area contributed by atoms with Crippen molar-refractivity contribution >= 4 is 5.70 Å². The highest BCUT2D eigenvalue weighted by Crippen LogP contribution is 2.04. The molecular formula is C14H20N2. The fraction of sp³-hybridized carbons (Fsp3) is 0.357. The van der Waals surface area contributed by atoms with Crippen molar-refractivity contribution in [2.45, 2.75) is 26.2 Å². The lowest BCUT2D eigenvalue weighted by molar-refractivity contribution is 0.858. The Balaban J connectivity index is 2.21. The number of hydrogen-bond donors (Lipinski definition) is 1. The van der Waals surface area contributed by atoms with Crippen LogP contribution in [0.25, 0.3) is 5.70 Å². The number of unbranched alkanes of at least 4 members (excludes halogenated alkanes) is 1. The van der Waals surface area contributed by atoms with Gasteiger partial charge in [0.2, 0.25) is 0 Å². The summed E-state index contributed by atoms with van der Waals surface area (Å²) in [6, 6.07) is 5.84. The molecular weight excluding hydrogens is 196 g/mol. The van der Waals surface area contributed by atoms with Crippen LogP contribution in [0.5, 0.6) is 0 Å². The van der Waals surface area contributed by atoms with Crippen LogP contribution in [0.2, 0.25) is 0 Å². The first kappa shape index (κ1) is 12.5. The van der Waals surface area contributed by atoms with Crippen molar-refractivity contribution in [1.29, 1.82) is 0 Å². The predicted octanol–water partition coefficient (Wildman–Crippen LogP) is 3.39. The van der Waals surface area contributed by atoms with Gasteiger partial charge in [-0.3, -0.25) is 4.98 Å². The fourth-order valence-electron chi connectivity index (χ4n) is 1.34. The van der Waals surface area contributed by atoms with E-state index in [4.69, 9.17) is 0 Å². The van der Waals surface area contributed by atoms with Crippen LogP contribution >= 0.6 is 0 Å². The number of rotatable bonds is 7. The van der Waals surface area contributed by atoms with Gasteiger partial charge in [0.1, 0.15) is 0 Å². The summed E-state index contributed by atoms with van der Waals surface area (Å²) in [5.74, 6) is 0. The number of aromatic nitrogens is 1. The largest absolute Gasteiger partial charge is 0.383 e. The first-order valence-electron chi connectivity index (χ1n) is 5.83. The summed E-state index contributed by atoms with van der Waals surface area (Å²) in [6.45, 7) is 7.06. The van der Waals surface area contributed by atoms with E-state index in [-0.39, 0.29) is 0 Å². The van der Waals surface area contributed by atoms with E-state index >= 15 is 0 Å². The Morgan fingerprint density at radius 3 is 2.88 bits per heavy atom.